The summed E-state index contributed by atoms with van der Waals surface area (Å²) < 4.78 is 22.3. The van der Waals surface area contributed by atoms with Crippen LogP contribution in [0, 0.1) is 0 Å². The van der Waals surface area contributed by atoms with E-state index in [1.54, 1.807) is 0 Å². The third kappa shape index (κ3) is 19.7. The second-order valence-corrected chi connectivity index (χ2v) is 12.3. The molecule has 0 aromatic rings. The van der Waals surface area contributed by atoms with Crippen LogP contribution in [-0.4, -0.2) is 58.5 Å². The van der Waals surface area contributed by atoms with Gasteiger partial charge in [0.1, 0.15) is 8.46 Å². The molecule has 0 aromatic heterocycles. The van der Waals surface area contributed by atoms with Gasteiger partial charge in [-0.3, -0.25) is 0 Å². The molecule has 210 valence electrons. The third-order valence-corrected chi connectivity index (χ3v) is 8.77. The summed E-state index contributed by atoms with van der Waals surface area (Å²) in [6.07, 6.45) is 20.6. The molecule has 2 N–H and O–H groups in total. The van der Waals surface area contributed by atoms with Crippen LogP contribution in [-0.2, 0) is 18.8 Å². The number of hydrogen-bond donors (Lipinski definition) is 2. The Morgan fingerprint density at radius 1 is 0.857 bits per heavy atom. The molecular formula is C27H55O6PS. The lowest BCUT2D eigenvalue weighted by molar-refractivity contribution is -0.154. The van der Waals surface area contributed by atoms with Gasteiger partial charge in [-0.2, -0.15) is 11.8 Å². The minimum absolute atomic E-state index is 0.159. The van der Waals surface area contributed by atoms with Crippen LogP contribution in [0.5, 0.6) is 0 Å². The fourth-order valence-electron chi connectivity index (χ4n) is 3.96. The summed E-state index contributed by atoms with van der Waals surface area (Å²) in [5.74, 6) is -0.311. The van der Waals surface area contributed by atoms with E-state index in [0.29, 0.717) is 18.3 Å². The van der Waals surface area contributed by atoms with Crippen molar-refractivity contribution in [3.63, 3.8) is 0 Å². The molecule has 6 nitrogen and oxygen atoms in total. The summed E-state index contributed by atoms with van der Waals surface area (Å²) in [5.41, 5.74) is 0. The van der Waals surface area contributed by atoms with E-state index in [-0.39, 0.29) is 12.7 Å². The maximum Gasteiger partial charge on any atom is 0.345 e. The summed E-state index contributed by atoms with van der Waals surface area (Å²) in [5, 5.41) is 16.9. The van der Waals surface area contributed by atoms with Crippen LogP contribution in [0.2, 0.25) is 0 Å². The van der Waals surface area contributed by atoms with E-state index in [4.69, 9.17) is 14.6 Å². The lowest BCUT2D eigenvalue weighted by atomic mass is 10.1. The molecule has 0 amide bonds. The number of aliphatic carboxylic acids is 1. The van der Waals surface area contributed by atoms with Crippen molar-refractivity contribution in [2.24, 2.45) is 0 Å². The molecule has 0 heterocycles. The molecule has 0 fully saturated rings. The van der Waals surface area contributed by atoms with Crippen LogP contribution in [0.1, 0.15) is 124 Å². The summed E-state index contributed by atoms with van der Waals surface area (Å²) >= 11 is 2.06. The van der Waals surface area contributed by atoms with Gasteiger partial charge in [-0.15, -0.1) is 0 Å². The molecule has 0 saturated heterocycles. The molecule has 4 atom stereocenters. The molecule has 0 aromatic carbocycles. The van der Waals surface area contributed by atoms with Gasteiger partial charge in [0.05, 0.1) is 12.7 Å². The first kappa shape index (κ1) is 34.9. The highest BCUT2D eigenvalue weighted by Gasteiger charge is 2.35. The van der Waals surface area contributed by atoms with E-state index in [1.165, 1.54) is 102 Å². The van der Waals surface area contributed by atoms with Gasteiger partial charge in [-0.25, -0.2) is 4.79 Å². The highest BCUT2D eigenvalue weighted by Crippen LogP contribution is 2.25. The van der Waals surface area contributed by atoms with Gasteiger partial charge in [0.2, 0.25) is 5.34 Å². The second-order valence-electron chi connectivity index (χ2n) is 9.77. The van der Waals surface area contributed by atoms with Gasteiger partial charge < -0.3 is 24.3 Å². The molecule has 0 aliphatic rings. The molecular weight excluding hydrogens is 483 g/mol. The maximum absolute atomic E-state index is 11.0. The first-order valence-corrected chi connectivity index (χ1v) is 16.2. The average molecular weight is 539 g/mol. The molecule has 4 unspecified atom stereocenters. The topological polar surface area (TPSA) is 93.1 Å². The molecule has 0 radical (unpaired) electrons. The number of carboxylic acid groups (broad SMARTS) is 1. The molecule has 0 aliphatic heterocycles. The van der Waals surface area contributed by atoms with Crippen molar-refractivity contribution >= 4 is 26.2 Å². The van der Waals surface area contributed by atoms with Crippen LogP contribution in [0.3, 0.4) is 0 Å². The Balaban J connectivity index is 4.09. The lowest BCUT2D eigenvalue weighted by Crippen LogP contribution is -2.37. The number of rotatable bonds is 27. The highest BCUT2D eigenvalue weighted by molar-refractivity contribution is 7.99. The van der Waals surface area contributed by atoms with E-state index >= 15 is 0 Å². The van der Waals surface area contributed by atoms with Crippen molar-refractivity contribution in [3.05, 3.63) is 0 Å². The standard InChI is InChI=1S/C27H55O6PS/c1-4-6-8-10-11-12-13-14-15-17-22-35-25(19-16-9-7-5-2)24(3)33-21-18-20-32-23-27(30,34-31)26(28)29/h24-25,30H,4-23,34H2,1-3H3,(H,28,29). The third-order valence-electron chi connectivity index (χ3n) is 6.40. The monoisotopic (exact) mass is 538 g/mol. The van der Waals surface area contributed by atoms with Crippen molar-refractivity contribution in [1.82, 2.24) is 0 Å². The summed E-state index contributed by atoms with van der Waals surface area (Å²) in [6.45, 7) is 7.01. The van der Waals surface area contributed by atoms with Crippen LogP contribution < -0.4 is 0 Å². The lowest BCUT2D eigenvalue weighted by Gasteiger charge is -2.24. The number of ether oxygens (including phenoxy) is 2. The van der Waals surface area contributed by atoms with E-state index in [0.717, 1.165) is 0 Å². The highest BCUT2D eigenvalue weighted by atomic mass is 32.2. The fraction of sp³-hybridized carbons (Fsp3) is 0.963. The Morgan fingerprint density at radius 2 is 1.40 bits per heavy atom. The van der Waals surface area contributed by atoms with Crippen LogP contribution >= 0.6 is 20.2 Å². The van der Waals surface area contributed by atoms with Gasteiger partial charge in [-0.1, -0.05) is 97.3 Å². The van der Waals surface area contributed by atoms with E-state index in [1.807, 2.05) is 0 Å². The van der Waals surface area contributed by atoms with Gasteiger partial charge in [-0.05, 0) is 31.9 Å². The predicted molar refractivity (Wildman–Crippen MR) is 151 cm³/mol. The SMILES string of the molecule is CCCCCCCCCCCCSC(CCCCCC)C(C)OCCCOCC(O)([PH2]=O)C(=O)O. The van der Waals surface area contributed by atoms with Gasteiger partial charge in [0.15, 0.2) is 0 Å². The van der Waals surface area contributed by atoms with Crippen LogP contribution in [0.15, 0.2) is 0 Å². The van der Waals surface area contributed by atoms with Crippen molar-refractivity contribution < 1.29 is 29.0 Å². The van der Waals surface area contributed by atoms with Crippen molar-refractivity contribution in [2.75, 3.05) is 25.6 Å². The number of unbranched alkanes of at least 4 members (excludes halogenated alkanes) is 12. The average Bonchev–Trinajstić information content (AvgIpc) is 2.85. The number of aliphatic hydroxyl groups is 1. The first-order chi connectivity index (χ1) is 16.9. The summed E-state index contributed by atoms with van der Waals surface area (Å²) in [7, 11) is -1.87. The summed E-state index contributed by atoms with van der Waals surface area (Å²) in [4.78, 5) is 10.9. The van der Waals surface area contributed by atoms with Crippen molar-refractivity contribution in [2.45, 2.75) is 140 Å². The van der Waals surface area contributed by atoms with Crippen molar-refractivity contribution in [1.29, 1.82) is 0 Å². The number of hydrogen-bond acceptors (Lipinski definition) is 6. The smallest absolute Gasteiger partial charge is 0.345 e. The van der Waals surface area contributed by atoms with Gasteiger partial charge in [0, 0.05) is 18.5 Å². The molecule has 0 saturated carbocycles. The van der Waals surface area contributed by atoms with E-state index in [2.05, 4.69) is 32.5 Å². The second kappa shape index (κ2) is 24.3. The Bertz CT molecular complexity index is 510. The summed E-state index contributed by atoms with van der Waals surface area (Å²) in [6, 6.07) is 0. The maximum atomic E-state index is 11.0. The Hall–Kier alpha value is -0.0700. The first-order valence-electron chi connectivity index (χ1n) is 14.1. The molecule has 8 heteroatoms. The Kier molecular flexibility index (Phi) is 24.2. The zero-order valence-electron chi connectivity index (χ0n) is 22.8. The molecule has 0 rings (SSSR count). The predicted octanol–water partition coefficient (Wildman–Crippen LogP) is 7.32. The van der Waals surface area contributed by atoms with Crippen LogP contribution in [0.4, 0.5) is 0 Å². The Labute approximate surface area is 220 Å². The molecule has 0 spiro atoms. The molecule has 35 heavy (non-hydrogen) atoms. The fourth-order valence-corrected chi connectivity index (χ4v) is 5.60. The molecule has 0 aliphatic carbocycles. The minimum atomic E-state index is -2.26. The zero-order valence-corrected chi connectivity index (χ0v) is 24.8. The minimum Gasteiger partial charge on any atom is -0.479 e. The molecule has 0 bridgehead atoms. The Morgan fingerprint density at radius 3 is 1.94 bits per heavy atom. The zero-order chi connectivity index (χ0) is 26.2. The number of carboxylic acids is 1. The normalized spacial score (nSPS) is 15.4. The number of thioether (sulfide) groups is 1. The quantitative estimate of drug-likeness (QED) is 0.0836. The van der Waals surface area contributed by atoms with E-state index < -0.39 is 26.4 Å². The van der Waals surface area contributed by atoms with Gasteiger partial charge in [0.25, 0.3) is 0 Å². The largest absolute Gasteiger partial charge is 0.479 e. The van der Waals surface area contributed by atoms with Crippen LogP contribution in [0.25, 0.3) is 0 Å². The van der Waals surface area contributed by atoms with Gasteiger partial charge >= 0.3 is 5.97 Å². The number of carbonyl (C=O) groups is 1. The van der Waals surface area contributed by atoms with Crippen molar-refractivity contribution in [3.8, 4) is 0 Å². The van der Waals surface area contributed by atoms with E-state index in [9.17, 15) is 14.5 Å².